The molecule has 4 aromatic rings. The van der Waals surface area contributed by atoms with E-state index in [2.05, 4.69) is 21.7 Å². The number of rotatable bonds is 5. The lowest BCUT2D eigenvalue weighted by atomic mass is 10.1. The van der Waals surface area contributed by atoms with Gasteiger partial charge in [-0.2, -0.15) is 0 Å². The Hall–Kier alpha value is -3.49. The Morgan fingerprint density at radius 1 is 0.968 bits per heavy atom. The van der Waals surface area contributed by atoms with Crippen LogP contribution in [0.25, 0.3) is 20.8 Å². The molecule has 1 aromatic heterocycles. The molecule has 0 atom stereocenters. The van der Waals surface area contributed by atoms with E-state index in [0.717, 1.165) is 26.5 Å². The van der Waals surface area contributed by atoms with E-state index in [-0.39, 0.29) is 10.7 Å². The largest absolute Gasteiger partial charge is 0.496 e. The van der Waals surface area contributed by atoms with Crippen molar-refractivity contribution in [3.05, 3.63) is 72.3 Å². The van der Waals surface area contributed by atoms with Crippen molar-refractivity contribution in [2.45, 2.75) is 0 Å². The van der Waals surface area contributed by atoms with E-state index in [1.54, 1.807) is 29.5 Å². The first-order valence-corrected chi connectivity index (χ1v) is 10.6. The summed E-state index contributed by atoms with van der Waals surface area (Å²) in [5.74, 6) is 0.379. The third kappa shape index (κ3) is 4.50. The summed E-state index contributed by atoms with van der Waals surface area (Å²) in [6.07, 6.45) is 0. The maximum absolute atomic E-state index is 12.8. The fourth-order valence-electron chi connectivity index (χ4n) is 3.13. The second-order valence-electron chi connectivity index (χ2n) is 6.51. The highest BCUT2D eigenvalue weighted by molar-refractivity contribution is 7.80. The Labute approximate surface area is 188 Å². The third-order valence-electron chi connectivity index (χ3n) is 4.54. The number of nitrogens with one attached hydrogen (secondary N) is 2. The minimum absolute atomic E-state index is 0.166. The van der Waals surface area contributed by atoms with Crippen LogP contribution >= 0.6 is 23.6 Å². The molecule has 0 spiro atoms. The SMILES string of the molecule is COc1cccc(OC)c1C(=O)NC(=S)Nc1cccc(-c2nc3ccccc3s2)c1. The summed E-state index contributed by atoms with van der Waals surface area (Å²) in [5.41, 5.74) is 2.95. The van der Waals surface area contributed by atoms with Crippen molar-refractivity contribution in [3.8, 4) is 22.1 Å². The van der Waals surface area contributed by atoms with Crippen molar-refractivity contribution in [3.63, 3.8) is 0 Å². The molecular formula is C23H19N3O3S2. The van der Waals surface area contributed by atoms with Crippen molar-refractivity contribution in [2.75, 3.05) is 19.5 Å². The van der Waals surface area contributed by atoms with Gasteiger partial charge < -0.3 is 14.8 Å². The minimum Gasteiger partial charge on any atom is -0.496 e. The van der Waals surface area contributed by atoms with Crippen molar-refractivity contribution in [1.82, 2.24) is 10.3 Å². The summed E-state index contributed by atoms with van der Waals surface area (Å²) in [5, 5.41) is 6.82. The van der Waals surface area contributed by atoms with E-state index in [0.29, 0.717) is 11.5 Å². The number of thiazole rings is 1. The number of thiocarbonyl (C=S) groups is 1. The molecule has 0 unspecified atom stereocenters. The van der Waals surface area contributed by atoms with Crippen LogP contribution in [0.5, 0.6) is 11.5 Å². The van der Waals surface area contributed by atoms with E-state index in [4.69, 9.17) is 21.7 Å². The van der Waals surface area contributed by atoms with Crippen molar-refractivity contribution < 1.29 is 14.3 Å². The van der Waals surface area contributed by atoms with Gasteiger partial charge in [-0.1, -0.05) is 30.3 Å². The Kier molecular flexibility index (Phi) is 6.11. The van der Waals surface area contributed by atoms with Gasteiger partial charge in [0.15, 0.2) is 5.11 Å². The smallest absolute Gasteiger partial charge is 0.264 e. The molecule has 0 saturated carbocycles. The van der Waals surface area contributed by atoms with Gasteiger partial charge in [0.2, 0.25) is 0 Å². The predicted octanol–water partition coefficient (Wildman–Crippen LogP) is 5.11. The monoisotopic (exact) mass is 449 g/mol. The molecular weight excluding hydrogens is 430 g/mol. The first-order valence-electron chi connectivity index (χ1n) is 9.38. The van der Waals surface area contributed by atoms with E-state index in [1.807, 2.05) is 42.5 Å². The number of methoxy groups -OCH3 is 2. The molecule has 0 aliphatic heterocycles. The van der Waals surface area contributed by atoms with Gasteiger partial charge in [-0.25, -0.2) is 4.98 Å². The summed E-state index contributed by atoms with van der Waals surface area (Å²) < 4.78 is 11.7. The van der Waals surface area contributed by atoms with E-state index < -0.39 is 5.91 Å². The maximum atomic E-state index is 12.8. The topological polar surface area (TPSA) is 72.5 Å². The Morgan fingerprint density at radius 2 is 1.68 bits per heavy atom. The molecule has 0 bridgehead atoms. The molecule has 1 amide bonds. The molecule has 4 rings (SSSR count). The lowest BCUT2D eigenvalue weighted by Crippen LogP contribution is -2.34. The third-order valence-corrected chi connectivity index (χ3v) is 5.83. The van der Waals surface area contributed by atoms with Crippen molar-refractivity contribution >= 4 is 50.5 Å². The number of carbonyl (C=O) groups excluding carboxylic acids is 1. The zero-order valence-electron chi connectivity index (χ0n) is 16.8. The molecule has 3 aromatic carbocycles. The fraction of sp³-hybridized carbons (Fsp3) is 0.0870. The van der Waals surface area contributed by atoms with Gasteiger partial charge in [0, 0.05) is 11.3 Å². The number of amides is 1. The van der Waals surface area contributed by atoms with Crippen molar-refractivity contribution in [2.24, 2.45) is 0 Å². The molecule has 0 radical (unpaired) electrons. The van der Waals surface area contributed by atoms with Gasteiger partial charge >= 0.3 is 0 Å². The highest BCUT2D eigenvalue weighted by Gasteiger charge is 2.19. The lowest BCUT2D eigenvalue weighted by Gasteiger charge is -2.14. The number of hydrogen-bond donors (Lipinski definition) is 2. The number of anilines is 1. The van der Waals surface area contributed by atoms with E-state index >= 15 is 0 Å². The number of carbonyl (C=O) groups is 1. The molecule has 156 valence electrons. The molecule has 0 aliphatic carbocycles. The fourth-order valence-corrected chi connectivity index (χ4v) is 4.30. The first-order chi connectivity index (χ1) is 15.1. The van der Waals surface area contributed by atoms with Crippen LogP contribution in [-0.2, 0) is 0 Å². The zero-order valence-corrected chi connectivity index (χ0v) is 18.5. The second kappa shape index (κ2) is 9.11. The average Bonchev–Trinajstić information content (AvgIpc) is 3.23. The second-order valence-corrected chi connectivity index (χ2v) is 7.95. The van der Waals surface area contributed by atoms with E-state index in [9.17, 15) is 4.79 Å². The number of hydrogen-bond acceptors (Lipinski definition) is 6. The summed E-state index contributed by atoms with van der Waals surface area (Å²) in [7, 11) is 2.99. The molecule has 1 heterocycles. The number of ether oxygens (including phenoxy) is 2. The standard InChI is InChI=1S/C23H19N3O3S2/c1-28-17-10-6-11-18(29-2)20(17)21(27)26-23(30)24-15-8-5-7-14(13-15)22-25-16-9-3-4-12-19(16)31-22/h3-13H,1-2H3,(H2,24,26,27,30). The van der Waals surface area contributed by atoms with Gasteiger partial charge in [-0.3, -0.25) is 10.1 Å². The van der Waals surface area contributed by atoms with Crippen LogP contribution in [0, 0.1) is 0 Å². The van der Waals surface area contributed by atoms with Crippen molar-refractivity contribution in [1.29, 1.82) is 0 Å². The van der Waals surface area contributed by atoms with Gasteiger partial charge in [0.05, 0.1) is 24.4 Å². The summed E-state index contributed by atoms with van der Waals surface area (Å²) in [6, 6.07) is 20.9. The van der Waals surface area contributed by atoms with Gasteiger partial charge in [0.1, 0.15) is 22.1 Å². The number of benzene rings is 3. The Bertz CT molecular complexity index is 1210. The van der Waals surface area contributed by atoms with E-state index in [1.165, 1.54) is 14.2 Å². The molecule has 0 saturated heterocycles. The summed E-state index contributed by atoms with van der Waals surface area (Å²) >= 11 is 6.97. The number of para-hydroxylation sites is 1. The molecule has 2 N–H and O–H groups in total. The summed E-state index contributed by atoms with van der Waals surface area (Å²) in [4.78, 5) is 17.5. The van der Waals surface area contributed by atoms with Crippen LogP contribution < -0.4 is 20.1 Å². The van der Waals surface area contributed by atoms with Crippen LogP contribution in [0.2, 0.25) is 0 Å². The van der Waals surface area contributed by atoms with Crippen LogP contribution in [0.15, 0.2) is 66.7 Å². The van der Waals surface area contributed by atoms with Crippen LogP contribution in [0.3, 0.4) is 0 Å². The highest BCUT2D eigenvalue weighted by Crippen LogP contribution is 2.31. The number of nitrogens with zero attached hydrogens (tertiary/aromatic N) is 1. The highest BCUT2D eigenvalue weighted by atomic mass is 32.1. The normalized spacial score (nSPS) is 10.5. The molecule has 31 heavy (non-hydrogen) atoms. The minimum atomic E-state index is -0.422. The number of fused-ring (bicyclic) bond motifs is 1. The predicted molar refractivity (Wildman–Crippen MR) is 128 cm³/mol. The van der Waals surface area contributed by atoms with Gasteiger partial charge in [-0.05, 0) is 48.6 Å². The van der Waals surface area contributed by atoms with Crippen LogP contribution in [0.1, 0.15) is 10.4 Å². The molecule has 6 nitrogen and oxygen atoms in total. The number of aromatic nitrogens is 1. The Balaban J connectivity index is 1.51. The van der Waals surface area contributed by atoms with Gasteiger partial charge in [0.25, 0.3) is 5.91 Å². The summed E-state index contributed by atoms with van der Waals surface area (Å²) in [6.45, 7) is 0. The van der Waals surface area contributed by atoms with Crippen LogP contribution in [0.4, 0.5) is 5.69 Å². The quantitative estimate of drug-likeness (QED) is 0.413. The average molecular weight is 450 g/mol. The molecule has 8 heteroatoms. The van der Waals surface area contributed by atoms with Gasteiger partial charge in [-0.15, -0.1) is 11.3 Å². The van der Waals surface area contributed by atoms with Crippen LogP contribution in [-0.4, -0.2) is 30.2 Å². The Morgan fingerprint density at radius 3 is 2.39 bits per heavy atom. The zero-order chi connectivity index (χ0) is 21.8. The maximum Gasteiger partial charge on any atom is 0.264 e. The first kappa shape index (κ1) is 20.8. The molecule has 0 fully saturated rings. The molecule has 0 aliphatic rings. The lowest BCUT2D eigenvalue weighted by molar-refractivity contribution is 0.0971.